The maximum Gasteiger partial charge on any atom is 0.129 e. The molecule has 1 saturated carbocycles. The second kappa shape index (κ2) is 5.90. The molecular formula is C15H20BrFN2. The predicted octanol–water partition coefficient (Wildman–Crippen LogP) is 3.33. The van der Waals surface area contributed by atoms with Crippen molar-refractivity contribution >= 4 is 15.9 Å². The van der Waals surface area contributed by atoms with Crippen LogP contribution < -0.4 is 5.32 Å². The summed E-state index contributed by atoms with van der Waals surface area (Å²) in [6, 6.07) is 5.80. The summed E-state index contributed by atoms with van der Waals surface area (Å²) >= 11 is 3.35. The Morgan fingerprint density at radius 3 is 2.58 bits per heavy atom. The number of benzene rings is 1. The van der Waals surface area contributed by atoms with Crippen LogP contribution in [-0.4, -0.2) is 31.1 Å². The summed E-state index contributed by atoms with van der Waals surface area (Å²) in [5, 5.41) is 3.38. The average molecular weight is 327 g/mol. The van der Waals surface area contributed by atoms with E-state index in [2.05, 4.69) is 26.1 Å². The van der Waals surface area contributed by atoms with E-state index in [1.807, 2.05) is 12.1 Å². The van der Waals surface area contributed by atoms with Crippen molar-refractivity contribution in [2.45, 2.75) is 25.3 Å². The highest BCUT2D eigenvalue weighted by atomic mass is 79.9. The number of halogens is 2. The molecule has 1 aromatic carbocycles. The van der Waals surface area contributed by atoms with Crippen molar-refractivity contribution in [1.82, 2.24) is 10.2 Å². The van der Waals surface area contributed by atoms with Gasteiger partial charge in [0.2, 0.25) is 0 Å². The number of rotatable bonds is 3. The van der Waals surface area contributed by atoms with E-state index in [9.17, 15) is 4.39 Å². The van der Waals surface area contributed by atoms with E-state index >= 15 is 0 Å². The molecule has 0 amide bonds. The van der Waals surface area contributed by atoms with Gasteiger partial charge in [-0.2, -0.15) is 0 Å². The third kappa shape index (κ3) is 2.86. The number of hydrogen-bond donors (Lipinski definition) is 1. The van der Waals surface area contributed by atoms with Gasteiger partial charge in [-0.25, -0.2) is 4.39 Å². The van der Waals surface area contributed by atoms with Crippen molar-refractivity contribution in [1.29, 1.82) is 0 Å². The first-order valence-electron chi connectivity index (χ1n) is 7.15. The second-order valence-electron chi connectivity index (χ2n) is 5.59. The highest BCUT2D eigenvalue weighted by molar-refractivity contribution is 9.10. The molecule has 0 unspecified atom stereocenters. The Morgan fingerprint density at radius 2 is 2.00 bits per heavy atom. The summed E-state index contributed by atoms with van der Waals surface area (Å²) in [6.45, 7) is 4.08. The molecule has 1 aromatic rings. The minimum atomic E-state index is -0.0650. The van der Waals surface area contributed by atoms with Crippen molar-refractivity contribution in [3.63, 3.8) is 0 Å². The molecule has 2 fully saturated rings. The van der Waals surface area contributed by atoms with Crippen molar-refractivity contribution < 1.29 is 4.39 Å². The normalized spacial score (nSPS) is 23.1. The quantitative estimate of drug-likeness (QED) is 0.916. The van der Waals surface area contributed by atoms with Crippen LogP contribution in [0.15, 0.2) is 22.7 Å². The van der Waals surface area contributed by atoms with Crippen LogP contribution in [0.25, 0.3) is 0 Å². The Hall–Kier alpha value is -0.450. The van der Waals surface area contributed by atoms with E-state index in [0.29, 0.717) is 5.92 Å². The zero-order valence-corrected chi connectivity index (χ0v) is 12.6. The first-order valence-corrected chi connectivity index (χ1v) is 7.95. The van der Waals surface area contributed by atoms with Crippen LogP contribution in [0.2, 0.25) is 0 Å². The monoisotopic (exact) mass is 326 g/mol. The van der Waals surface area contributed by atoms with Gasteiger partial charge in [0.1, 0.15) is 5.82 Å². The Morgan fingerprint density at radius 1 is 1.26 bits per heavy atom. The Balaban J connectivity index is 1.88. The minimum absolute atomic E-state index is 0.0650. The van der Waals surface area contributed by atoms with Gasteiger partial charge in [0.05, 0.1) is 0 Å². The van der Waals surface area contributed by atoms with E-state index in [0.717, 1.165) is 36.2 Å². The van der Waals surface area contributed by atoms with Crippen molar-refractivity contribution in [2.24, 2.45) is 5.92 Å². The molecule has 2 nitrogen and oxygen atoms in total. The summed E-state index contributed by atoms with van der Waals surface area (Å²) < 4.78 is 15.1. The zero-order valence-electron chi connectivity index (χ0n) is 11.0. The van der Waals surface area contributed by atoms with Gasteiger partial charge >= 0.3 is 0 Å². The minimum Gasteiger partial charge on any atom is -0.314 e. The van der Waals surface area contributed by atoms with Crippen LogP contribution >= 0.6 is 15.9 Å². The second-order valence-corrected chi connectivity index (χ2v) is 6.50. The molecule has 4 heteroatoms. The molecule has 3 rings (SSSR count). The SMILES string of the molecule is Fc1cc(Br)ccc1[C@H](C1CCC1)N1CCNCC1. The lowest BCUT2D eigenvalue weighted by Gasteiger charge is -2.43. The summed E-state index contributed by atoms with van der Waals surface area (Å²) in [6.07, 6.45) is 3.78. The van der Waals surface area contributed by atoms with Gasteiger partial charge in [-0.1, -0.05) is 28.4 Å². The fourth-order valence-electron chi connectivity index (χ4n) is 3.21. The molecule has 2 aliphatic rings. The van der Waals surface area contributed by atoms with Crippen LogP contribution in [0.4, 0.5) is 4.39 Å². The number of hydrogen-bond acceptors (Lipinski definition) is 2. The molecule has 1 atom stereocenters. The molecule has 1 N–H and O–H groups in total. The van der Waals surface area contributed by atoms with E-state index in [-0.39, 0.29) is 11.9 Å². The molecule has 0 radical (unpaired) electrons. The van der Waals surface area contributed by atoms with E-state index < -0.39 is 0 Å². The van der Waals surface area contributed by atoms with Crippen LogP contribution in [0.3, 0.4) is 0 Å². The van der Waals surface area contributed by atoms with Gasteiger partial charge in [0.15, 0.2) is 0 Å². The first kappa shape index (κ1) is 13.5. The van der Waals surface area contributed by atoms with Crippen LogP contribution in [-0.2, 0) is 0 Å². The maximum atomic E-state index is 14.3. The Bertz CT molecular complexity index is 442. The Kier molecular flexibility index (Phi) is 4.20. The summed E-state index contributed by atoms with van der Waals surface area (Å²) in [5.41, 5.74) is 0.884. The lowest BCUT2D eigenvalue weighted by atomic mass is 9.76. The highest BCUT2D eigenvalue weighted by Gasteiger charge is 2.34. The molecule has 1 aliphatic heterocycles. The summed E-state index contributed by atoms with van der Waals surface area (Å²) in [5.74, 6) is 0.568. The average Bonchev–Trinajstić information content (AvgIpc) is 2.35. The lowest BCUT2D eigenvalue weighted by molar-refractivity contribution is 0.0812. The molecule has 0 bridgehead atoms. The molecule has 19 heavy (non-hydrogen) atoms. The zero-order chi connectivity index (χ0) is 13.2. The molecule has 1 heterocycles. The number of nitrogens with one attached hydrogen (secondary N) is 1. The van der Waals surface area contributed by atoms with E-state index in [1.165, 1.54) is 19.3 Å². The maximum absolute atomic E-state index is 14.3. The molecule has 1 saturated heterocycles. The number of piperazine rings is 1. The van der Waals surface area contributed by atoms with Gasteiger partial charge in [-0.05, 0) is 30.9 Å². The van der Waals surface area contributed by atoms with Gasteiger partial charge in [0, 0.05) is 42.3 Å². The van der Waals surface area contributed by atoms with E-state index in [1.54, 1.807) is 6.07 Å². The van der Waals surface area contributed by atoms with Crippen LogP contribution in [0.5, 0.6) is 0 Å². The lowest BCUT2D eigenvalue weighted by Crippen LogP contribution is -2.48. The van der Waals surface area contributed by atoms with Crippen LogP contribution in [0.1, 0.15) is 30.9 Å². The molecule has 0 spiro atoms. The molecule has 1 aliphatic carbocycles. The van der Waals surface area contributed by atoms with Gasteiger partial charge in [-0.15, -0.1) is 0 Å². The van der Waals surface area contributed by atoms with Crippen LogP contribution in [0, 0.1) is 11.7 Å². The third-order valence-electron chi connectivity index (χ3n) is 4.42. The topological polar surface area (TPSA) is 15.3 Å². The van der Waals surface area contributed by atoms with Gasteiger partial charge in [-0.3, -0.25) is 4.90 Å². The molecular weight excluding hydrogens is 307 g/mol. The largest absolute Gasteiger partial charge is 0.314 e. The van der Waals surface area contributed by atoms with Crippen molar-refractivity contribution in [3.05, 3.63) is 34.1 Å². The summed E-state index contributed by atoms with van der Waals surface area (Å²) in [7, 11) is 0. The van der Waals surface area contributed by atoms with Crippen molar-refractivity contribution in [2.75, 3.05) is 26.2 Å². The Labute approximate surface area is 122 Å². The standard InChI is InChI=1S/C15H20BrFN2/c16-12-4-5-13(14(17)10-12)15(11-2-1-3-11)19-8-6-18-7-9-19/h4-5,10-11,15,18H,1-3,6-9H2/t15-/m0/s1. The molecule has 0 aromatic heterocycles. The molecule has 104 valence electrons. The predicted molar refractivity (Wildman–Crippen MR) is 78.6 cm³/mol. The fourth-order valence-corrected chi connectivity index (χ4v) is 3.54. The smallest absolute Gasteiger partial charge is 0.129 e. The van der Waals surface area contributed by atoms with Crippen molar-refractivity contribution in [3.8, 4) is 0 Å². The van der Waals surface area contributed by atoms with E-state index in [4.69, 9.17) is 0 Å². The first-order chi connectivity index (χ1) is 9.25. The summed E-state index contributed by atoms with van der Waals surface area (Å²) in [4.78, 5) is 2.46. The third-order valence-corrected chi connectivity index (χ3v) is 4.92. The fraction of sp³-hybridized carbons (Fsp3) is 0.600. The number of nitrogens with zero attached hydrogens (tertiary/aromatic N) is 1. The van der Waals surface area contributed by atoms with Gasteiger partial charge in [0.25, 0.3) is 0 Å². The van der Waals surface area contributed by atoms with Gasteiger partial charge < -0.3 is 5.32 Å². The highest BCUT2D eigenvalue weighted by Crippen LogP contribution is 2.42.